The van der Waals surface area contributed by atoms with Gasteiger partial charge in [-0.2, -0.15) is 18.2 Å². The molecule has 0 bridgehead atoms. The van der Waals surface area contributed by atoms with E-state index in [-0.39, 0.29) is 0 Å². The van der Waals surface area contributed by atoms with E-state index in [0.29, 0.717) is 16.3 Å². The normalized spacial score (nSPS) is 12.4. The summed E-state index contributed by atoms with van der Waals surface area (Å²) in [5, 5.41) is 0. The highest BCUT2D eigenvalue weighted by Gasteiger charge is 2.30. The topological polar surface area (TPSA) is 30.2 Å². The second kappa shape index (κ2) is 7.91. The molecule has 4 rings (SSSR count). The number of hydrogen-bond acceptors (Lipinski definition) is 3. The van der Waals surface area contributed by atoms with Crippen LogP contribution in [0.3, 0.4) is 0 Å². The van der Waals surface area contributed by atoms with Gasteiger partial charge >= 0.3 is 6.18 Å². The first-order valence-corrected chi connectivity index (χ1v) is 10.0. The molecule has 0 aliphatic carbocycles. The lowest BCUT2D eigenvalue weighted by Crippen LogP contribution is -2.06. The van der Waals surface area contributed by atoms with Crippen molar-refractivity contribution in [3.8, 4) is 17.1 Å². The predicted octanol–water partition coefficient (Wildman–Crippen LogP) is 6.47. The molecule has 0 saturated carbocycles. The van der Waals surface area contributed by atoms with Crippen LogP contribution in [-0.4, -0.2) is 8.94 Å². The number of benzene rings is 3. The third kappa shape index (κ3) is 4.36. The van der Waals surface area contributed by atoms with Crippen molar-refractivity contribution in [2.45, 2.75) is 20.0 Å². The van der Waals surface area contributed by atoms with Gasteiger partial charge in [-0.3, -0.25) is 0 Å². The third-order valence-corrected chi connectivity index (χ3v) is 5.42. The van der Waals surface area contributed by atoms with Crippen molar-refractivity contribution >= 4 is 17.2 Å². The lowest BCUT2D eigenvalue weighted by molar-refractivity contribution is -0.137. The van der Waals surface area contributed by atoms with Gasteiger partial charge in [0, 0.05) is 5.56 Å². The van der Waals surface area contributed by atoms with Gasteiger partial charge in [0.1, 0.15) is 0 Å². The van der Waals surface area contributed by atoms with Crippen molar-refractivity contribution in [2.24, 2.45) is 4.99 Å². The van der Waals surface area contributed by atoms with Crippen molar-refractivity contribution < 1.29 is 13.2 Å². The minimum Gasteiger partial charge on any atom is -0.246 e. The van der Waals surface area contributed by atoms with Gasteiger partial charge in [0.2, 0.25) is 4.80 Å². The molecule has 0 aliphatic rings. The fraction of sp³-hybridized carbons (Fsp3) is 0.130. The quantitative estimate of drug-likeness (QED) is 0.370. The van der Waals surface area contributed by atoms with E-state index in [9.17, 15) is 13.2 Å². The highest BCUT2D eigenvalue weighted by Crippen LogP contribution is 2.31. The van der Waals surface area contributed by atoms with E-state index in [1.54, 1.807) is 10.0 Å². The van der Waals surface area contributed by atoms with E-state index in [1.165, 1.54) is 17.6 Å². The van der Waals surface area contributed by atoms with Crippen molar-refractivity contribution in [1.29, 1.82) is 0 Å². The molecule has 152 valence electrons. The van der Waals surface area contributed by atoms with Crippen LogP contribution in [0, 0.1) is 13.8 Å². The monoisotopic (exact) mass is 425 g/mol. The zero-order valence-electron chi connectivity index (χ0n) is 16.3. The van der Waals surface area contributed by atoms with Gasteiger partial charge in [0.15, 0.2) is 5.82 Å². The molecule has 0 amide bonds. The summed E-state index contributed by atoms with van der Waals surface area (Å²) in [5.74, 6) is 0.547. The minimum absolute atomic E-state index is 0.392. The summed E-state index contributed by atoms with van der Waals surface area (Å²) in [7, 11) is 0. The number of halogens is 3. The smallest absolute Gasteiger partial charge is 0.246 e. The molecule has 0 fully saturated rings. The van der Waals surface area contributed by atoms with E-state index in [1.807, 2.05) is 62.4 Å². The number of aromatic nitrogens is 2. The van der Waals surface area contributed by atoms with Gasteiger partial charge in [-0.15, -0.1) is 0 Å². The molecule has 0 saturated heterocycles. The molecule has 0 spiro atoms. The largest absolute Gasteiger partial charge is 0.416 e. The number of nitrogens with zero attached hydrogens (tertiary/aromatic N) is 3. The molecule has 1 aromatic heterocycles. The Bertz CT molecular complexity index is 1250. The van der Waals surface area contributed by atoms with E-state index in [4.69, 9.17) is 0 Å². The zero-order chi connectivity index (χ0) is 21.3. The molecular formula is C23H18F3N3S. The molecule has 4 aromatic rings. The van der Waals surface area contributed by atoms with Crippen LogP contribution in [0.1, 0.15) is 16.7 Å². The number of hydrogen-bond donors (Lipinski definition) is 0. The van der Waals surface area contributed by atoms with Crippen molar-refractivity contribution in [2.75, 3.05) is 0 Å². The standard InChI is InChI=1S/C23H18F3N3S/c1-15-9-11-17(12-10-15)21-28-22(27-19-7-3-5-16(2)13-19)30-29(21)20-8-4-6-18(14-20)23(24,25)26/h3-14H,1-2H3. The van der Waals surface area contributed by atoms with Crippen molar-refractivity contribution in [3.05, 3.63) is 94.3 Å². The molecule has 0 atom stereocenters. The van der Waals surface area contributed by atoms with Crippen LogP contribution in [0.4, 0.5) is 18.9 Å². The Morgan fingerprint density at radius 2 is 1.60 bits per heavy atom. The van der Waals surface area contributed by atoms with Gasteiger partial charge in [-0.25, -0.2) is 8.95 Å². The van der Waals surface area contributed by atoms with Gasteiger partial charge in [0.25, 0.3) is 0 Å². The summed E-state index contributed by atoms with van der Waals surface area (Å²) in [5.41, 5.74) is 3.40. The average molecular weight is 425 g/mol. The molecule has 0 radical (unpaired) electrons. The average Bonchev–Trinajstić information content (AvgIpc) is 3.12. The molecular weight excluding hydrogens is 407 g/mol. The molecule has 0 unspecified atom stereocenters. The summed E-state index contributed by atoms with van der Waals surface area (Å²) in [6.07, 6.45) is -4.42. The lowest BCUT2D eigenvalue weighted by Gasteiger charge is -2.10. The molecule has 3 nitrogen and oxygen atoms in total. The highest BCUT2D eigenvalue weighted by atomic mass is 32.1. The van der Waals surface area contributed by atoms with Crippen LogP contribution < -0.4 is 4.80 Å². The predicted molar refractivity (Wildman–Crippen MR) is 113 cm³/mol. The fourth-order valence-electron chi connectivity index (χ4n) is 3.00. The van der Waals surface area contributed by atoms with E-state index in [0.717, 1.165) is 34.5 Å². The highest BCUT2D eigenvalue weighted by molar-refractivity contribution is 7.04. The lowest BCUT2D eigenvalue weighted by atomic mass is 10.1. The summed E-state index contributed by atoms with van der Waals surface area (Å²) in [4.78, 5) is 9.69. The molecule has 3 aromatic carbocycles. The van der Waals surface area contributed by atoms with E-state index >= 15 is 0 Å². The third-order valence-electron chi connectivity index (χ3n) is 4.51. The summed E-state index contributed by atoms with van der Waals surface area (Å²) in [6.45, 7) is 3.95. The van der Waals surface area contributed by atoms with Gasteiger partial charge in [-0.05, 0) is 61.3 Å². The first-order valence-electron chi connectivity index (χ1n) is 9.26. The summed E-state index contributed by atoms with van der Waals surface area (Å²) >= 11 is 1.20. The first kappa shape index (κ1) is 20.1. The molecule has 0 N–H and O–H groups in total. The number of rotatable bonds is 3. The van der Waals surface area contributed by atoms with Crippen LogP contribution >= 0.6 is 11.5 Å². The Hall–Kier alpha value is -3.19. The van der Waals surface area contributed by atoms with Crippen LogP contribution in [0.15, 0.2) is 77.8 Å². The van der Waals surface area contributed by atoms with Crippen LogP contribution in [0.25, 0.3) is 17.1 Å². The van der Waals surface area contributed by atoms with E-state index < -0.39 is 11.7 Å². The maximum atomic E-state index is 13.2. The first-order chi connectivity index (χ1) is 14.3. The van der Waals surface area contributed by atoms with Crippen molar-refractivity contribution in [1.82, 2.24) is 8.94 Å². The molecule has 30 heavy (non-hydrogen) atoms. The Morgan fingerprint density at radius 3 is 2.30 bits per heavy atom. The van der Waals surface area contributed by atoms with Gasteiger partial charge in [-0.1, -0.05) is 48.0 Å². The Balaban J connectivity index is 1.90. The summed E-state index contributed by atoms with van der Waals surface area (Å²) in [6, 6.07) is 20.6. The van der Waals surface area contributed by atoms with Crippen LogP contribution in [0.2, 0.25) is 0 Å². The zero-order valence-corrected chi connectivity index (χ0v) is 17.1. The van der Waals surface area contributed by atoms with E-state index in [2.05, 4.69) is 9.98 Å². The fourth-order valence-corrected chi connectivity index (χ4v) is 3.89. The maximum absolute atomic E-state index is 13.2. The van der Waals surface area contributed by atoms with Gasteiger partial charge < -0.3 is 0 Å². The molecule has 1 heterocycles. The number of aryl methyl sites for hydroxylation is 2. The Labute approximate surface area is 176 Å². The van der Waals surface area contributed by atoms with Crippen LogP contribution in [0.5, 0.6) is 0 Å². The van der Waals surface area contributed by atoms with Crippen LogP contribution in [-0.2, 0) is 6.18 Å². The molecule has 0 aliphatic heterocycles. The van der Waals surface area contributed by atoms with Crippen molar-refractivity contribution in [3.63, 3.8) is 0 Å². The Kier molecular flexibility index (Phi) is 5.30. The second-order valence-electron chi connectivity index (χ2n) is 6.97. The summed E-state index contributed by atoms with van der Waals surface area (Å²) < 4.78 is 41.4. The SMILES string of the molecule is Cc1ccc(-c2nc(=Nc3cccc(C)c3)sn2-c2cccc(C(F)(F)F)c2)cc1. The second-order valence-corrected chi connectivity index (χ2v) is 7.88. The Morgan fingerprint density at radius 1 is 0.867 bits per heavy atom. The minimum atomic E-state index is -4.42. The maximum Gasteiger partial charge on any atom is 0.416 e. The molecule has 7 heteroatoms. The number of alkyl halides is 3. The van der Waals surface area contributed by atoms with Gasteiger partial charge in [0.05, 0.1) is 16.9 Å².